The van der Waals surface area contributed by atoms with Crippen molar-refractivity contribution < 1.29 is 9.47 Å². The molecule has 214 valence electrons. The van der Waals surface area contributed by atoms with E-state index >= 15 is 0 Å². The first kappa shape index (κ1) is 32.2. The van der Waals surface area contributed by atoms with Crippen LogP contribution in [0.15, 0.2) is 42.7 Å². The molecular weight excluding hydrogens is 466 g/mol. The molecule has 3 nitrogen and oxygen atoms in total. The minimum absolute atomic E-state index is 0.772. The number of unbranched alkanes of at least 4 members (excludes halogenated alkanes) is 18. The molecule has 0 atom stereocenters. The Morgan fingerprint density at radius 2 is 0.816 bits per heavy atom. The van der Waals surface area contributed by atoms with Crippen molar-refractivity contribution >= 4 is 0 Å². The molecule has 0 aliphatic heterocycles. The molecule has 0 spiro atoms. The van der Waals surface area contributed by atoms with E-state index in [1.165, 1.54) is 116 Å². The van der Waals surface area contributed by atoms with Crippen molar-refractivity contribution in [2.24, 2.45) is 0 Å². The molecule has 1 heterocycles. The average molecular weight is 524 g/mol. The van der Waals surface area contributed by atoms with Crippen molar-refractivity contribution in [2.45, 2.75) is 142 Å². The van der Waals surface area contributed by atoms with E-state index in [-0.39, 0.29) is 0 Å². The van der Waals surface area contributed by atoms with Crippen LogP contribution < -0.4 is 9.47 Å². The number of pyridine rings is 1. The zero-order chi connectivity index (χ0) is 26.9. The van der Waals surface area contributed by atoms with E-state index < -0.39 is 0 Å². The van der Waals surface area contributed by atoms with Crippen LogP contribution >= 0.6 is 0 Å². The summed E-state index contributed by atoms with van der Waals surface area (Å²) in [5, 5.41) is 0. The highest BCUT2D eigenvalue weighted by atomic mass is 16.5. The van der Waals surface area contributed by atoms with Gasteiger partial charge in [-0.25, -0.2) is 0 Å². The van der Waals surface area contributed by atoms with Crippen LogP contribution in [0, 0.1) is 0 Å². The molecule has 0 saturated carbocycles. The standard InChI is InChI=1S/C35H57NO2/c1-3-5-7-9-11-13-15-17-19-21-27-37-34-29-33(32-23-25-36-26-24-32)30-35(31-34)38-28-22-20-18-16-14-12-10-8-6-4-2/h23-26,29-31H,3-22,27-28H2,1-2H3. The highest BCUT2D eigenvalue weighted by Crippen LogP contribution is 2.30. The summed E-state index contributed by atoms with van der Waals surface area (Å²) < 4.78 is 12.4. The minimum atomic E-state index is 0.772. The monoisotopic (exact) mass is 523 g/mol. The lowest BCUT2D eigenvalue weighted by Crippen LogP contribution is -2.01. The SMILES string of the molecule is CCCCCCCCCCCCOc1cc(OCCCCCCCCCCCC)cc(-c2ccncc2)c1. The highest BCUT2D eigenvalue weighted by molar-refractivity contribution is 5.66. The van der Waals surface area contributed by atoms with Crippen molar-refractivity contribution in [3.8, 4) is 22.6 Å². The Morgan fingerprint density at radius 3 is 1.21 bits per heavy atom. The summed E-state index contributed by atoms with van der Waals surface area (Å²) in [6, 6.07) is 10.4. The van der Waals surface area contributed by atoms with Gasteiger partial charge in [0.05, 0.1) is 13.2 Å². The Morgan fingerprint density at radius 1 is 0.447 bits per heavy atom. The fourth-order valence-electron chi connectivity index (χ4n) is 5.01. The number of ether oxygens (including phenoxy) is 2. The van der Waals surface area contributed by atoms with E-state index in [1.54, 1.807) is 0 Å². The summed E-state index contributed by atoms with van der Waals surface area (Å²) in [6.45, 7) is 6.11. The smallest absolute Gasteiger partial charge is 0.123 e. The van der Waals surface area contributed by atoms with E-state index in [0.29, 0.717) is 0 Å². The van der Waals surface area contributed by atoms with Gasteiger partial charge in [-0.05, 0) is 48.2 Å². The molecule has 1 aromatic carbocycles. The maximum absolute atomic E-state index is 6.19. The maximum atomic E-state index is 6.19. The molecule has 0 fully saturated rings. The van der Waals surface area contributed by atoms with Gasteiger partial charge in [-0.15, -0.1) is 0 Å². The summed E-state index contributed by atoms with van der Waals surface area (Å²) in [4.78, 5) is 4.17. The Hall–Kier alpha value is -2.03. The van der Waals surface area contributed by atoms with Crippen molar-refractivity contribution in [1.82, 2.24) is 4.98 Å². The van der Waals surface area contributed by atoms with Crippen LogP contribution in [0.5, 0.6) is 11.5 Å². The van der Waals surface area contributed by atoms with Gasteiger partial charge in [0, 0.05) is 18.5 Å². The van der Waals surface area contributed by atoms with Crippen LogP contribution in [0.25, 0.3) is 11.1 Å². The van der Waals surface area contributed by atoms with Gasteiger partial charge in [0.15, 0.2) is 0 Å². The van der Waals surface area contributed by atoms with Gasteiger partial charge in [0.2, 0.25) is 0 Å². The number of nitrogens with zero attached hydrogens (tertiary/aromatic N) is 1. The molecule has 38 heavy (non-hydrogen) atoms. The predicted molar refractivity (Wildman–Crippen MR) is 164 cm³/mol. The molecule has 3 heteroatoms. The first-order valence-electron chi connectivity index (χ1n) is 16.1. The second-order valence-corrected chi connectivity index (χ2v) is 11.0. The zero-order valence-corrected chi connectivity index (χ0v) is 24.9. The van der Waals surface area contributed by atoms with Crippen LogP contribution in [0.1, 0.15) is 142 Å². The molecule has 2 rings (SSSR count). The molecule has 0 N–H and O–H groups in total. The van der Waals surface area contributed by atoms with Crippen molar-refractivity contribution in [1.29, 1.82) is 0 Å². The Kier molecular flexibility index (Phi) is 19.4. The number of hydrogen-bond donors (Lipinski definition) is 0. The van der Waals surface area contributed by atoms with Gasteiger partial charge in [-0.2, -0.15) is 0 Å². The number of benzene rings is 1. The molecule has 1 aromatic heterocycles. The van der Waals surface area contributed by atoms with E-state index in [0.717, 1.165) is 48.7 Å². The van der Waals surface area contributed by atoms with E-state index in [9.17, 15) is 0 Å². The third-order valence-electron chi connectivity index (χ3n) is 7.43. The Balaban J connectivity index is 1.68. The van der Waals surface area contributed by atoms with Gasteiger partial charge in [-0.3, -0.25) is 4.98 Å². The minimum Gasteiger partial charge on any atom is -0.493 e. The Labute approximate surface area is 235 Å². The molecule has 2 aromatic rings. The Bertz CT molecular complexity index is 748. The third-order valence-corrected chi connectivity index (χ3v) is 7.43. The molecular formula is C35H57NO2. The van der Waals surface area contributed by atoms with Gasteiger partial charge < -0.3 is 9.47 Å². The topological polar surface area (TPSA) is 31.4 Å². The highest BCUT2D eigenvalue weighted by Gasteiger charge is 2.06. The molecule has 0 saturated heterocycles. The molecule has 0 aliphatic rings. The van der Waals surface area contributed by atoms with Crippen molar-refractivity contribution in [3.05, 3.63) is 42.7 Å². The zero-order valence-electron chi connectivity index (χ0n) is 24.9. The molecule has 0 radical (unpaired) electrons. The molecule has 0 aliphatic carbocycles. The lowest BCUT2D eigenvalue weighted by atomic mass is 10.1. The van der Waals surface area contributed by atoms with E-state index in [2.05, 4.69) is 37.0 Å². The molecule has 0 bridgehead atoms. The second kappa shape index (κ2) is 22.9. The summed E-state index contributed by atoms with van der Waals surface area (Å²) in [6.07, 6.45) is 30.5. The predicted octanol–water partition coefficient (Wildman–Crippen LogP) is 11.3. The molecule has 0 amide bonds. The second-order valence-electron chi connectivity index (χ2n) is 11.0. The largest absolute Gasteiger partial charge is 0.493 e. The van der Waals surface area contributed by atoms with Gasteiger partial charge in [0.25, 0.3) is 0 Å². The van der Waals surface area contributed by atoms with E-state index in [4.69, 9.17) is 9.47 Å². The fourth-order valence-corrected chi connectivity index (χ4v) is 5.01. The number of aromatic nitrogens is 1. The number of rotatable bonds is 25. The van der Waals surface area contributed by atoms with Crippen molar-refractivity contribution in [3.63, 3.8) is 0 Å². The molecule has 0 unspecified atom stereocenters. The quantitative estimate of drug-likeness (QED) is 0.121. The van der Waals surface area contributed by atoms with Crippen LogP contribution in [-0.4, -0.2) is 18.2 Å². The van der Waals surface area contributed by atoms with Crippen LogP contribution in [0.2, 0.25) is 0 Å². The van der Waals surface area contributed by atoms with Crippen LogP contribution in [0.3, 0.4) is 0 Å². The third kappa shape index (κ3) is 16.0. The lowest BCUT2D eigenvalue weighted by Gasteiger charge is -2.13. The summed E-state index contributed by atoms with van der Waals surface area (Å²) in [5.41, 5.74) is 2.28. The van der Waals surface area contributed by atoms with Gasteiger partial charge in [-0.1, -0.05) is 129 Å². The first-order chi connectivity index (χ1) is 18.8. The van der Waals surface area contributed by atoms with E-state index in [1.807, 2.05) is 24.5 Å². The van der Waals surface area contributed by atoms with Crippen LogP contribution in [0.4, 0.5) is 0 Å². The number of hydrogen-bond acceptors (Lipinski definition) is 3. The summed E-state index contributed by atoms with van der Waals surface area (Å²) >= 11 is 0. The van der Waals surface area contributed by atoms with Gasteiger partial charge >= 0.3 is 0 Å². The first-order valence-corrected chi connectivity index (χ1v) is 16.1. The lowest BCUT2D eigenvalue weighted by molar-refractivity contribution is 0.290. The van der Waals surface area contributed by atoms with Crippen molar-refractivity contribution in [2.75, 3.05) is 13.2 Å². The average Bonchev–Trinajstić information content (AvgIpc) is 2.95. The summed E-state index contributed by atoms with van der Waals surface area (Å²) in [7, 11) is 0. The van der Waals surface area contributed by atoms with Gasteiger partial charge in [0.1, 0.15) is 11.5 Å². The fraction of sp³-hybridized carbons (Fsp3) is 0.686. The van der Waals surface area contributed by atoms with Crippen LogP contribution in [-0.2, 0) is 0 Å². The summed E-state index contributed by atoms with van der Waals surface area (Å²) in [5.74, 6) is 1.82. The normalized spacial score (nSPS) is 11.1. The maximum Gasteiger partial charge on any atom is 0.123 e.